The molecule has 1 atom stereocenters. The highest BCUT2D eigenvalue weighted by molar-refractivity contribution is 7.80. The fraction of sp³-hybridized carbons (Fsp3) is 0.286. The zero-order valence-electron chi connectivity index (χ0n) is 5.94. The molecule has 1 aromatic rings. The highest BCUT2D eigenvalue weighted by Crippen LogP contribution is 2.16. The number of thiol groups is 1. The van der Waals surface area contributed by atoms with Crippen molar-refractivity contribution in [3.8, 4) is 5.75 Å². The molecule has 0 aliphatic carbocycles. The van der Waals surface area contributed by atoms with Gasteiger partial charge in [0.25, 0.3) is 0 Å². The predicted octanol–water partition coefficient (Wildman–Crippen LogP) is 1.34. The zero-order valence-corrected chi connectivity index (χ0v) is 6.84. The van der Waals surface area contributed by atoms with Crippen molar-refractivity contribution >= 4 is 12.6 Å². The second kappa shape index (κ2) is 3.00. The molecule has 0 fully saturated rings. The van der Waals surface area contributed by atoms with Crippen LogP contribution in [-0.2, 0) is 0 Å². The van der Waals surface area contributed by atoms with E-state index in [1.165, 1.54) is 6.26 Å². The molecule has 1 N–H and O–H groups in total. The van der Waals surface area contributed by atoms with E-state index >= 15 is 0 Å². The lowest BCUT2D eigenvalue weighted by Crippen LogP contribution is -2.07. The summed E-state index contributed by atoms with van der Waals surface area (Å²) in [5.74, 6) is -0.372. The van der Waals surface area contributed by atoms with Crippen LogP contribution in [0, 0.1) is 0 Å². The molecule has 0 aromatic carbocycles. The lowest BCUT2D eigenvalue weighted by Gasteiger charge is -2.00. The molecule has 0 saturated carbocycles. The molecule has 0 bridgehead atoms. The Morgan fingerprint density at radius 1 is 1.64 bits per heavy atom. The van der Waals surface area contributed by atoms with Gasteiger partial charge in [-0.25, -0.2) is 0 Å². The standard InChI is InChI=1S/C7H8O3S/c1-4(11)5-2-10-3-6(8)7(5)9/h2-4,8,11H,1H3. The third-order valence-electron chi connectivity index (χ3n) is 1.32. The van der Waals surface area contributed by atoms with Crippen LogP contribution in [0.2, 0.25) is 0 Å². The minimum Gasteiger partial charge on any atom is -0.502 e. The Kier molecular flexibility index (Phi) is 2.24. The van der Waals surface area contributed by atoms with Crippen LogP contribution in [0.4, 0.5) is 0 Å². The Morgan fingerprint density at radius 2 is 2.27 bits per heavy atom. The van der Waals surface area contributed by atoms with E-state index in [2.05, 4.69) is 17.0 Å². The van der Waals surface area contributed by atoms with Crippen molar-refractivity contribution in [2.45, 2.75) is 12.2 Å². The summed E-state index contributed by atoms with van der Waals surface area (Å²) in [4.78, 5) is 11.1. The first-order valence-electron chi connectivity index (χ1n) is 3.10. The first-order valence-corrected chi connectivity index (χ1v) is 3.62. The average Bonchev–Trinajstić information content (AvgIpc) is 1.94. The predicted molar refractivity (Wildman–Crippen MR) is 44.0 cm³/mol. The maximum atomic E-state index is 11.1. The Morgan fingerprint density at radius 3 is 2.73 bits per heavy atom. The van der Waals surface area contributed by atoms with Crippen molar-refractivity contribution in [1.82, 2.24) is 0 Å². The van der Waals surface area contributed by atoms with Gasteiger partial charge in [-0.05, 0) is 6.92 Å². The number of aromatic hydroxyl groups is 1. The van der Waals surface area contributed by atoms with Crippen LogP contribution in [0.25, 0.3) is 0 Å². The second-order valence-electron chi connectivity index (χ2n) is 2.22. The van der Waals surface area contributed by atoms with Gasteiger partial charge < -0.3 is 9.52 Å². The highest BCUT2D eigenvalue weighted by atomic mass is 32.1. The molecule has 0 amide bonds. The molecule has 60 valence electrons. The van der Waals surface area contributed by atoms with Gasteiger partial charge in [0.05, 0.1) is 11.8 Å². The summed E-state index contributed by atoms with van der Waals surface area (Å²) < 4.78 is 4.68. The maximum Gasteiger partial charge on any atom is 0.230 e. The maximum absolute atomic E-state index is 11.1. The normalized spacial score (nSPS) is 12.9. The molecule has 1 rings (SSSR count). The third kappa shape index (κ3) is 1.57. The molecule has 3 nitrogen and oxygen atoms in total. The van der Waals surface area contributed by atoms with Gasteiger partial charge >= 0.3 is 0 Å². The Hall–Kier alpha value is -0.900. The van der Waals surface area contributed by atoms with E-state index in [0.717, 1.165) is 6.26 Å². The summed E-state index contributed by atoms with van der Waals surface area (Å²) in [6.07, 6.45) is 2.29. The lowest BCUT2D eigenvalue weighted by atomic mass is 10.2. The zero-order chi connectivity index (χ0) is 8.43. The largest absolute Gasteiger partial charge is 0.502 e. The van der Waals surface area contributed by atoms with E-state index in [9.17, 15) is 4.79 Å². The van der Waals surface area contributed by atoms with Crippen molar-refractivity contribution in [3.05, 3.63) is 28.3 Å². The van der Waals surface area contributed by atoms with Crippen LogP contribution in [0.15, 0.2) is 21.7 Å². The van der Waals surface area contributed by atoms with Gasteiger partial charge in [0.15, 0.2) is 5.75 Å². The summed E-state index contributed by atoms with van der Waals surface area (Å²) >= 11 is 4.03. The van der Waals surface area contributed by atoms with E-state index in [0.29, 0.717) is 5.56 Å². The van der Waals surface area contributed by atoms with Gasteiger partial charge in [0.1, 0.15) is 6.26 Å². The van der Waals surface area contributed by atoms with E-state index in [1.54, 1.807) is 6.92 Å². The van der Waals surface area contributed by atoms with Crippen LogP contribution in [0.1, 0.15) is 17.7 Å². The summed E-state index contributed by atoms with van der Waals surface area (Å²) in [6.45, 7) is 1.73. The van der Waals surface area contributed by atoms with Crippen LogP contribution < -0.4 is 5.43 Å². The second-order valence-corrected chi connectivity index (χ2v) is 2.99. The smallest absolute Gasteiger partial charge is 0.230 e. The Labute approximate surface area is 69.1 Å². The lowest BCUT2D eigenvalue weighted by molar-refractivity contribution is 0.426. The fourth-order valence-corrected chi connectivity index (χ4v) is 0.893. The molecule has 1 unspecified atom stereocenters. The van der Waals surface area contributed by atoms with Gasteiger partial charge in [-0.2, -0.15) is 12.6 Å². The first-order chi connectivity index (χ1) is 5.13. The molecule has 0 aliphatic heterocycles. The van der Waals surface area contributed by atoms with Gasteiger partial charge in [-0.3, -0.25) is 4.79 Å². The van der Waals surface area contributed by atoms with Gasteiger partial charge in [0.2, 0.25) is 5.43 Å². The minimum atomic E-state index is -0.418. The molecule has 0 saturated heterocycles. The number of hydrogen-bond donors (Lipinski definition) is 2. The first kappa shape index (κ1) is 8.20. The molecule has 11 heavy (non-hydrogen) atoms. The molecule has 0 spiro atoms. The molecular formula is C7H8O3S. The van der Waals surface area contributed by atoms with Crippen molar-refractivity contribution < 1.29 is 9.52 Å². The topological polar surface area (TPSA) is 50.4 Å². The van der Waals surface area contributed by atoms with Gasteiger partial charge in [-0.15, -0.1) is 0 Å². The summed E-state index contributed by atoms with van der Waals surface area (Å²) in [7, 11) is 0. The van der Waals surface area contributed by atoms with E-state index < -0.39 is 5.43 Å². The Balaban J connectivity index is 3.28. The average molecular weight is 172 g/mol. The van der Waals surface area contributed by atoms with Crippen LogP contribution in [0.3, 0.4) is 0 Å². The molecule has 0 aliphatic rings. The molecule has 1 aromatic heterocycles. The van der Waals surface area contributed by atoms with Crippen molar-refractivity contribution in [2.75, 3.05) is 0 Å². The molecule has 1 heterocycles. The van der Waals surface area contributed by atoms with Crippen LogP contribution in [-0.4, -0.2) is 5.11 Å². The fourth-order valence-electron chi connectivity index (χ4n) is 0.715. The number of rotatable bonds is 1. The quantitative estimate of drug-likeness (QED) is 0.628. The Bertz CT molecular complexity index is 303. The van der Waals surface area contributed by atoms with Crippen LogP contribution >= 0.6 is 12.6 Å². The van der Waals surface area contributed by atoms with E-state index in [1.807, 2.05) is 0 Å². The van der Waals surface area contributed by atoms with Crippen LogP contribution in [0.5, 0.6) is 5.75 Å². The SMILES string of the molecule is CC(S)c1cocc(O)c1=O. The van der Waals surface area contributed by atoms with Crippen molar-refractivity contribution in [2.24, 2.45) is 0 Å². The van der Waals surface area contributed by atoms with Gasteiger partial charge in [-0.1, -0.05) is 0 Å². The highest BCUT2D eigenvalue weighted by Gasteiger charge is 2.08. The minimum absolute atomic E-state index is 0.224. The van der Waals surface area contributed by atoms with Crippen molar-refractivity contribution in [1.29, 1.82) is 0 Å². The van der Waals surface area contributed by atoms with Crippen molar-refractivity contribution in [3.63, 3.8) is 0 Å². The third-order valence-corrected chi connectivity index (χ3v) is 1.60. The van der Waals surface area contributed by atoms with E-state index in [-0.39, 0.29) is 11.0 Å². The molecular weight excluding hydrogens is 164 g/mol. The van der Waals surface area contributed by atoms with E-state index in [4.69, 9.17) is 5.11 Å². The summed E-state index contributed by atoms with van der Waals surface area (Å²) in [5, 5.41) is 8.69. The molecule has 4 heteroatoms. The monoisotopic (exact) mass is 172 g/mol. The summed E-state index contributed by atoms with van der Waals surface area (Å²) in [6, 6.07) is 0. The number of hydrogen-bond acceptors (Lipinski definition) is 4. The molecule has 0 radical (unpaired) electrons. The summed E-state index contributed by atoms with van der Waals surface area (Å²) in [5.41, 5.74) is -0.0490. The van der Waals surface area contributed by atoms with Gasteiger partial charge in [0, 0.05) is 5.25 Å².